The first kappa shape index (κ1) is 15.0. The number of benzene rings is 1. The van der Waals surface area contributed by atoms with Crippen molar-refractivity contribution in [3.63, 3.8) is 0 Å². The van der Waals surface area contributed by atoms with Gasteiger partial charge >= 0.3 is 0 Å². The first-order valence-electron chi connectivity index (χ1n) is 7.73. The average Bonchev–Trinajstić information content (AvgIpc) is 2.47. The van der Waals surface area contributed by atoms with Crippen LogP contribution in [0.2, 0.25) is 0 Å². The molecule has 3 heteroatoms. The first-order valence-corrected chi connectivity index (χ1v) is 7.73. The summed E-state index contributed by atoms with van der Waals surface area (Å²) in [7, 11) is 0. The minimum absolute atomic E-state index is 0.127. The van der Waals surface area contributed by atoms with Gasteiger partial charge in [-0.1, -0.05) is 44.2 Å². The summed E-state index contributed by atoms with van der Waals surface area (Å²) < 4.78 is 0. The molecule has 2 rings (SSSR count). The van der Waals surface area contributed by atoms with Gasteiger partial charge in [0.1, 0.15) is 0 Å². The lowest BCUT2D eigenvalue weighted by molar-refractivity contribution is -0.121. The summed E-state index contributed by atoms with van der Waals surface area (Å²) in [5.74, 6) is 0.792. The maximum absolute atomic E-state index is 11.8. The van der Waals surface area contributed by atoms with Crippen LogP contribution in [0.4, 0.5) is 0 Å². The second-order valence-electron chi connectivity index (χ2n) is 6.06. The number of nitrogens with one attached hydrogen (secondary N) is 2. The quantitative estimate of drug-likeness (QED) is 0.867. The normalized spacial score (nSPS) is 22.8. The highest BCUT2D eigenvalue weighted by atomic mass is 16.1. The van der Waals surface area contributed by atoms with Gasteiger partial charge in [0.15, 0.2) is 0 Å². The van der Waals surface area contributed by atoms with E-state index in [1.807, 2.05) is 0 Å². The van der Waals surface area contributed by atoms with E-state index in [2.05, 4.69) is 54.8 Å². The van der Waals surface area contributed by atoms with Gasteiger partial charge in [0.25, 0.3) is 0 Å². The van der Waals surface area contributed by atoms with Crippen LogP contribution in [0.15, 0.2) is 30.3 Å². The Balaban J connectivity index is 1.73. The Morgan fingerprint density at radius 3 is 2.40 bits per heavy atom. The Bertz CT molecular complexity index is 408. The van der Waals surface area contributed by atoms with Crippen molar-refractivity contribution in [2.45, 2.75) is 57.5 Å². The largest absolute Gasteiger partial charge is 0.352 e. The van der Waals surface area contributed by atoms with Crippen molar-refractivity contribution in [1.29, 1.82) is 0 Å². The maximum atomic E-state index is 11.8. The SMILES string of the molecule is CC(C)NCC(=O)NC1CCC(c2ccccc2)CC1. The minimum Gasteiger partial charge on any atom is -0.352 e. The highest BCUT2D eigenvalue weighted by Crippen LogP contribution is 2.32. The molecular weight excluding hydrogens is 248 g/mol. The highest BCUT2D eigenvalue weighted by molar-refractivity contribution is 5.78. The molecule has 1 amide bonds. The summed E-state index contributed by atoms with van der Waals surface area (Å²) >= 11 is 0. The van der Waals surface area contributed by atoms with Crippen molar-refractivity contribution < 1.29 is 4.79 Å². The Kier molecular flexibility index (Phi) is 5.60. The van der Waals surface area contributed by atoms with E-state index < -0.39 is 0 Å². The standard InChI is InChI=1S/C17H26N2O/c1-13(2)18-12-17(20)19-16-10-8-15(9-11-16)14-6-4-3-5-7-14/h3-7,13,15-16,18H,8-12H2,1-2H3,(H,19,20). The molecule has 1 aromatic rings. The molecule has 0 bridgehead atoms. The molecule has 1 fully saturated rings. The molecule has 0 spiro atoms. The van der Waals surface area contributed by atoms with E-state index in [0.29, 0.717) is 24.5 Å². The van der Waals surface area contributed by atoms with Gasteiger partial charge in [-0.3, -0.25) is 4.79 Å². The summed E-state index contributed by atoms with van der Waals surface area (Å²) in [6, 6.07) is 11.4. The van der Waals surface area contributed by atoms with Crippen LogP contribution in [0.5, 0.6) is 0 Å². The molecule has 0 atom stereocenters. The van der Waals surface area contributed by atoms with Crippen LogP contribution in [0.25, 0.3) is 0 Å². The molecule has 0 radical (unpaired) electrons. The molecule has 1 aliphatic rings. The zero-order valence-corrected chi connectivity index (χ0v) is 12.6. The van der Waals surface area contributed by atoms with Crippen molar-refractivity contribution in [2.75, 3.05) is 6.54 Å². The van der Waals surface area contributed by atoms with Crippen LogP contribution in [0, 0.1) is 0 Å². The molecule has 1 aliphatic carbocycles. The summed E-state index contributed by atoms with van der Waals surface area (Å²) in [6.45, 7) is 4.53. The van der Waals surface area contributed by atoms with Crippen LogP contribution < -0.4 is 10.6 Å². The summed E-state index contributed by atoms with van der Waals surface area (Å²) in [6.07, 6.45) is 4.53. The van der Waals surface area contributed by atoms with Gasteiger partial charge in [-0.15, -0.1) is 0 Å². The molecule has 20 heavy (non-hydrogen) atoms. The van der Waals surface area contributed by atoms with Crippen LogP contribution in [-0.4, -0.2) is 24.5 Å². The zero-order valence-electron chi connectivity index (χ0n) is 12.6. The van der Waals surface area contributed by atoms with Crippen molar-refractivity contribution in [1.82, 2.24) is 10.6 Å². The molecule has 2 N–H and O–H groups in total. The number of rotatable bonds is 5. The second-order valence-corrected chi connectivity index (χ2v) is 6.06. The minimum atomic E-state index is 0.127. The molecule has 0 unspecified atom stereocenters. The fourth-order valence-electron chi connectivity index (χ4n) is 2.87. The van der Waals surface area contributed by atoms with Crippen molar-refractivity contribution >= 4 is 5.91 Å². The lowest BCUT2D eigenvalue weighted by Gasteiger charge is -2.29. The van der Waals surface area contributed by atoms with Gasteiger partial charge in [0.05, 0.1) is 6.54 Å². The molecule has 3 nitrogen and oxygen atoms in total. The highest BCUT2D eigenvalue weighted by Gasteiger charge is 2.23. The van der Waals surface area contributed by atoms with E-state index >= 15 is 0 Å². The Labute approximate surface area is 122 Å². The van der Waals surface area contributed by atoms with Crippen LogP contribution in [-0.2, 0) is 4.79 Å². The summed E-state index contributed by atoms with van der Waals surface area (Å²) in [4.78, 5) is 11.8. The third-order valence-electron chi connectivity index (χ3n) is 4.03. The Hall–Kier alpha value is -1.35. The van der Waals surface area contributed by atoms with Crippen LogP contribution in [0.1, 0.15) is 51.0 Å². The third kappa shape index (κ3) is 4.64. The number of hydrogen-bond acceptors (Lipinski definition) is 2. The van der Waals surface area contributed by atoms with Gasteiger partial charge < -0.3 is 10.6 Å². The maximum Gasteiger partial charge on any atom is 0.234 e. The fraction of sp³-hybridized carbons (Fsp3) is 0.588. The molecular formula is C17H26N2O. The molecule has 0 saturated heterocycles. The van der Waals surface area contributed by atoms with Crippen LogP contribution in [0.3, 0.4) is 0 Å². The number of hydrogen-bond donors (Lipinski definition) is 2. The number of carbonyl (C=O) groups is 1. The van der Waals surface area contributed by atoms with E-state index in [1.165, 1.54) is 18.4 Å². The average molecular weight is 274 g/mol. The van der Waals surface area contributed by atoms with Crippen LogP contribution >= 0.6 is 0 Å². The van der Waals surface area contributed by atoms with E-state index in [9.17, 15) is 4.79 Å². The van der Waals surface area contributed by atoms with E-state index in [0.717, 1.165) is 12.8 Å². The molecule has 1 aromatic carbocycles. The van der Waals surface area contributed by atoms with E-state index in [4.69, 9.17) is 0 Å². The lowest BCUT2D eigenvalue weighted by Crippen LogP contribution is -2.43. The van der Waals surface area contributed by atoms with E-state index in [-0.39, 0.29) is 5.91 Å². The molecule has 110 valence electrons. The van der Waals surface area contributed by atoms with Gasteiger partial charge in [-0.05, 0) is 37.2 Å². The topological polar surface area (TPSA) is 41.1 Å². The smallest absolute Gasteiger partial charge is 0.234 e. The predicted molar refractivity (Wildman–Crippen MR) is 82.7 cm³/mol. The third-order valence-corrected chi connectivity index (χ3v) is 4.03. The summed E-state index contributed by atoms with van der Waals surface area (Å²) in [5, 5.41) is 6.30. The first-order chi connectivity index (χ1) is 9.65. The molecule has 0 aliphatic heterocycles. The van der Waals surface area contributed by atoms with Gasteiger partial charge in [-0.25, -0.2) is 0 Å². The van der Waals surface area contributed by atoms with Gasteiger partial charge in [0.2, 0.25) is 5.91 Å². The Morgan fingerprint density at radius 1 is 1.15 bits per heavy atom. The fourth-order valence-corrected chi connectivity index (χ4v) is 2.87. The zero-order chi connectivity index (χ0) is 14.4. The van der Waals surface area contributed by atoms with Gasteiger partial charge in [-0.2, -0.15) is 0 Å². The second kappa shape index (κ2) is 7.44. The number of amides is 1. The summed E-state index contributed by atoms with van der Waals surface area (Å²) in [5.41, 5.74) is 1.44. The Morgan fingerprint density at radius 2 is 1.80 bits per heavy atom. The molecule has 1 saturated carbocycles. The predicted octanol–water partition coefficient (Wildman–Crippen LogP) is 2.83. The monoisotopic (exact) mass is 274 g/mol. The van der Waals surface area contributed by atoms with E-state index in [1.54, 1.807) is 0 Å². The van der Waals surface area contributed by atoms with Crippen molar-refractivity contribution in [2.24, 2.45) is 0 Å². The molecule has 0 aromatic heterocycles. The van der Waals surface area contributed by atoms with Crippen molar-refractivity contribution in [3.8, 4) is 0 Å². The van der Waals surface area contributed by atoms with Crippen molar-refractivity contribution in [3.05, 3.63) is 35.9 Å². The lowest BCUT2D eigenvalue weighted by atomic mass is 9.82. The number of carbonyl (C=O) groups excluding carboxylic acids is 1. The van der Waals surface area contributed by atoms with Gasteiger partial charge in [0, 0.05) is 12.1 Å². The molecule has 0 heterocycles.